The summed E-state index contributed by atoms with van der Waals surface area (Å²) in [6, 6.07) is 6.26. The van der Waals surface area contributed by atoms with Crippen LogP contribution in [0.4, 0.5) is 4.39 Å². The van der Waals surface area contributed by atoms with Crippen molar-refractivity contribution >= 4 is 9.84 Å². The molecule has 0 amide bonds. The van der Waals surface area contributed by atoms with E-state index in [-0.39, 0.29) is 35.2 Å². The molecule has 1 aromatic rings. The van der Waals surface area contributed by atoms with Crippen LogP contribution >= 0.6 is 0 Å². The summed E-state index contributed by atoms with van der Waals surface area (Å²) in [4.78, 5) is 2.28. The van der Waals surface area contributed by atoms with Crippen molar-refractivity contribution in [3.8, 4) is 5.75 Å². The lowest BCUT2D eigenvalue weighted by Gasteiger charge is -2.28. The fraction of sp³-hybridized carbons (Fsp3) is 0.625. The van der Waals surface area contributed by atoms with Crippen LogP contribution < -0.4 is 10.1 Å². The molecule has 2 aliphatic rings. The van der Waals surface area contributed by atoms with Crippen molar-refractivity contribution in [2.75, 3.05) is 37.7 Å². The van der Waals surface area contributed by atoms with Gasteiger partial charge in [0.25, 0.3) is 0 Å². The summed E-state index contributed by atoms with van der Waals surface area (Å²) in [5.41, 5.74) is 0. The van der Waals surface area contributed by atoms with E-state index in [1.165, 1.54) is 6.07 Å². The normalized spacial score (nSPS) is 27.3. The first-order valence-corrected chi connectivity index (χ1v) is 9.92. The lowest BCUT2D eigenvalue weighted by molar-refractivity contribution is 0.217. The third-order valence-electron chi connectivity index (χ3n) is 4.54. The summed E-state index contributed by atoms with van der Waals surface area (Å²) in [6.45, 7) is 2.76. The summed E-state index contributed by atoms with van der Waals surface area (Å²) in [7, 11) is -2.98. The summed E-state index contributed by atoms with van der Waals surface area (Å²) >= 11 is 0. The maximum atomic E-state index is 13.5. The zero-order chi connectivity index (χ0) is 16.3. The molecule has 23 heavy (non-hydrogen) atoms. The molecule has 0 aromatic heterocycles. The molecule has 2 aliphatic heterocycles. The second-order valence-electron chi connectivity index (χ2n) is 6.23. The first-order valence-electron chi connectivity index (χ1n) is 8.10. The zero-order valence-corrected chi connectivity index (χ0v) is 13.9. The Morgan fingerprint density at radius 3 is 2.70 bits per heavy atom. The molecule has 2 saturated heterocycles. The number of para-hydroxylation sites is 1. The number of halogens is 1. The van der Waals surface area contributed by atoms with E-state index in [0.717, 1.165) is 25.9 Å². The molecule has 128 valence electrons. The van der Waals surface area contributed by atoms with E-state index in [4.69, 9.17) is 4.74 Å². The van der Waals surface area contributed by atoms with E-state index in [0.29, 0.717) is 13.2 Å². The molecule has 3 rings (SSSR count). The Hall–Kier alpha value is -1.18. The topological polar surface area (TPSA) is 58.6 Å². The maximum absolute atomic E-state index is 13.5. The molecule has 2 fully saturated rings. The van der Waals surface area contributed by atoms with Gasteiger partial charge in [0.15, 0.2) is 21.4 Å². The molecule has 0 radical (unpaired) electrons. The van der Waals surface area contributed by atoms with Crippen LogP contribution in [-0.2, 0) is 9.84 Å². The molecule has 2 heterocycles. The van der Waals surface area contributed by atoms with E-state index >= 15 is 0 Å². The van der Waals surface area contributed by atoms with Gasteiger partial charge in [0.05, 0.1) is 11.5 Å². The fourth-order valence-corrected chi connectivity index (χ4v) is 5.41. The molecule has 1 N–H and O–H groups in total. The van der Waals surface area contributed by atoms with E-state index in [9.17, 15) is 12.8 Å². The average Bonchev–Trinajstić information content (AvgIpc) is 3.12. The SMILES string of the molecule is O=S1(=O)C[C@@H](N2CCCC2)[C@H](NCCOc2ccccc2F)C1. The highest BCUT2D eigenvalue weighted by molar-refractivity contribution is 7.91. The summed E-state index contributed by atoms with van der Waals surface area (Å²) in [5.74, 6) is 0.252. The van der Waals surface area contributed by atoms with Crippen molar-refractivity contribution in [2.45, 2.75) is 24.9 Å². The molecule has 0 bridgehead atoms. The molecule has 2 atom stereocenters. The summed E-state index contributed by atoms with van der Waals surface area (Å²) in [6.07, 6.45) is 2.28. The van der Waals surface area contributed by atoms with Crippen LogP contribution in [-0.4, -0.2) is 63.1 Å². The predicted octanol–water partition coefficient (Wildman–Crippen LogP) is 1.06. The molecule has 0 aliphatic carbocycles. The largest absolute Gasteiger partial charge is 0.489 e. The van der Waals surface area contributed by atoms with Crippen LogP contribution in [0.2, 0.25) is 0 Å². The van der Waals surface area contributed by atoms with Gasteiger partial charge in [0.1, 0.15) is 6.61 Å². The number of ether oxygens (including phenoxy) is 1. The van der Waals surface area contributed by atoms with Gasteiger partial charge in [0.2, 0.25) is 0 Å². The van der Waals surface area contributed by atoms with Gasteiger partial charge in [0, 0.05) is 18.6 Å². The highest BCUT2D eigenvalue weighted by Crippen LogP contribution is 2.22. The van der Waals surface area contributed by atoms with Crippen LogP contribution in [0, 0.1) is 5.82 Å². The van der Waals surface area contributed by atoms with Crippen molar-refractivity contribution in [1.82, 2.24) is 10.2 Å². The van der Waals surface area contributed by atoms with E-state index in [2.05, 4.69) is 10.2 Å². The third kappa shape index (κ3) is 4.22. The Morgan fingerprint density at radius 1 is 1.22 bits per heavy atom. The predicted molar refractivity (Wildman–Crippen MR) is 86.9 cm³/mol. The number of likely N-dealkylation sites (tertiary alicyclic amines) is 1. The fourth-order valence-electron chi connectivity index (χ4n) is 3.42. The molecule has 1 aromatic carbocycles. The smallest absolute Gasteiger partial charge is 0.165 e. The van der Waals surface area contributed by atoms with Gasteiger partial charge in [-0.1, -0.05) is 12.1 Å². The molecule has 5 nitrogen and oxygen atoms in total. The van der Waals surface area contributed by atoms with Gasteiger partial charge in [-0.25, -0.2) is 12.8 Å². The Labute approximate surface area is 136 Å². The van der Waals surface area contributed by atoms with Crippen LogP contribution in [0.3, 0.4) is 0 Å². The van der Waals surface area contributed by atoms with Gasteiger partial charge in [-0.3, -0.25) is 4.90 Å². The van der Waals surface area contributed by atoms with Gasteiger partial charge < -0.3 is 10.1 Å². The summed E-state index contributed by atoms with van der Waals surface area (Å²) < 4.78 is 42.8. The molecule has 0 saturated carbocycles. The quantitative estimate of drug-likeness (QED) is 0.784. The second-order valence-corrected chi connectivity index (χ2v) is 8.38. The molecule has 0 spiro atoms. The second kappa shape index (κ2) is 7.15. The number of rotatable bonds is 6. The van der Waals surface area contributed by atoms with Crippen molar-refractivity contribution in [3.63, 3.8) is 0 Å². The first-order chi connectivity index (χ1) is 11.1. The average molecular weight is 342 g/mol. The first kappa shape index (κ1) is 16.7. The zero-order valence-electron chi connectivity index (χ0n) is 13.1. The minimum Gasteiger partial charge on any atom is -0.489 e. The molecular weight excluding hydrogens is 319 g/mol. The maximum Gasteiger partial charge on any atom is 0.165 e. The van der Waals surface area contributed by atoms with Crippen molar-refractivity contribution < 1.29 is 17.5 Å². The number of hydrogen-bond donors (Lipinski definition) is 1. The Kier molecular flexibility index (Phi) is 5.18. The highest BCUT2D eigenvalue weighted by atomic mass is 32.2. The van der Waals surface area contributed by atoms with Gasteiger partial charge in [-0.15, -0.1) is 0 Å². The van der Waals surface area contributed by atoms with E-state index in [1.807, 2.05) is 0 Å². The number of hydrogen-bond acceptors (Lipinski definition) is 5. The van der Waals surface area contributed by atoms with Crippen LogP contribution in [0.25, 0.3) is 0 Å². The van der Waals surface area contributed by atoms with Crippen LogP contribution in [0.5, 0.6) is 5.75 Å². The van der Waals surface area contributed by atoms with Gasteiger partial charge in [-0.05, 0) is 38.1 Å². The van der Waals surface area contributed by atoms with Gasteiger partial charge in [-0.2, -0.15) is 0 Å². The van der Waals surface area contributed by atoms with E-state index < -0.39 is 9.84 Å². The highest BCUT2D eigenvalue weighted by Gasteiger charge is 2.41. The van der Waals surface area contributed by atoms with Crippen molar-refractivity contribution in [2.24, 2.45) is 0 Å². The molecule has 0 unspecified atom stereocenters. The monoisotopic (exact) mass is 342 g/mol. The number of nitrogens with one attached hydrogen (secondary N) is 1. The number of sulfone groups is 1. The Bertz CT molecular complexity index is 632. The van der Waals surface area contributed by atoms with Crippen molar-refractivity contribution in [1.29, 1.82) is 0 Å². The van der Waals surface area contributed by atoms with E-state index in [1.54, 1.807) is 18.2 Å². The van der Waals surface area contributed by atoms with Gasteiger partial charge >= 0.3 is 0 Å². The minimum absolute atomic E-state index is 0.0518. The van der Waals surface area contributed by atoms with Crippen LogP contribution in [0.1, 0.15) is 12.8 Å². The third-order valence-corrected chi connectivity index (χ3v) is 6.25. The minimum atomic E-state index is -2.98. The Morgan fingerprint density at radius 2 is 1.96 bits per heavy atom. The number of benzene rings is 1. The lowest BCUT2D eigenvalue weighted by atomic mass is 10.1. The van der Waals surface area contributed by atoms with Crippen LogP contribution in [0.15, 0.2) is 24.3 Å². The lowest BCUT2D eigenvalue weighted by Crippen LogP contribution is -2.49. The Balaban J connectivity index is 1.51. The summed E-state index contributed by atoms with van der Waals surface area (Å²) in [5, 5.41) is 3.29. The standard InChI is InChI=1S/C16H23FN2O3S/c17-13-5-1-2-6-16(13)22-10-7-18-14-11-23(20,21)12-15(14)19-8-3-4-9-19/h1-2,5-6,14-15,18H,3-4,7-12H2/t14-,15-/m1/s1. The molecule has 7 heteroatoms. The van der Waals surface area contributed by atoms with Crippen molar-refractivity contribution in [3.05, 3.63) is 30.1 Å². The molecular formula is C16H23FN2O3S. The number of nitrogens with zero attached hydrogens (tertiary/aromatic N) is 1.